The van der Waals surface area contributed by atoms with E-state index in [0.717, 1.165) is 5.69 Å². The van der Waals surface area contributed by atoms with Crippen molar-refractivity contribution in [2.75, 3.05) is 6.61 Å². The van der Waals surface area contributed by atoms with Crippen LogP contribution in [0.2, 0.25) is 0 Å². The number of hydrogen-bond acceptors (Lipinski definition) is 4. The number of allylic oxidation sites excluding steroid dienone is 1. The van der Waals surface area contributed by atoms with E-state index < -0.39 is 5.54 Å². The Morgan fingerprint density at radius 2 is 2.18 bits per heavy atom. The summed E-state index contributed by atoms with van der Waals surface area (Å²) in [6.45, 7) is 6.07. The molecular weight excluding hydrogens is 278 g/mol. The minimum atomic E-state index is -0.554. The number of rotatable bonds is 4. The average molecular weight is 301 g/mol. The van der Waals surface area contributed by atoms with Crippen LogP contribution < -0.4 is 0 Å². The Morgan fingerprint density at radius 1 is 1.45 bits per heavy atom. The first-order chi connectivity index (χ1) is 10.6. The van der Waals surface area contributed by atoms with Crippen LogP contribution >= 0.6 is 0 Å². The Kier molecular flexibility index (Phi) is 3.89. The molecule has 2 aliphatic rings. The standard InChI is InChI=1S/C17H23N3O2/c1-4-22-16(21)14-11(2)19-20-15(14)17(3)13(9-10-18-17)12-7-5-6-8-12/h9-10,12H,4-8H2,1-3H3,(H,19,20). The van der Waals surface area contributed by atoms with E-state index in [2.05, 4.69) is 28.2 Å². The van der Waals surface area contributed by atoms with Gasteiger partial charge in [0.05, 0.1) is 6.61 Å². The molecule has 1 fully saturated rings. The number of aliphatic imine (C=N–C) groups is 1. The lowest BCUT2D eigenvalue weighted by Gasteiger charge is -2.28. The van der Waals surface area contributed by atoms with Crippen molar-refractivity contribution in [3.63, 3.8) is 0 Å². The summed E-state index contributed by atoms with van der Waals surface area (Å²) in [7, 11) is 0. The Morgan fingerprint density at radius 3 is 2.86 bits per heavy atom. The van der Waals surface area contributed by atoms with Crippen molar-refractivity contribution in [3.8, 4) is 0 Å². The molecule has 0 amide bonds. The highest BCUT2D eigenvalue weighted by molar-refractivity contribution is 5.93. The third-order valence-electron chi connectivity index (χ3n) is 4.83. The summed E-state index contributed by atoms with van der Waals surface area (Å²) < 4.78 is 5.20. The molecule has 1 atom stereocenters. The van der Waals surface area contributed by atoms with E-state index in [4.69, 9.17) is 4.74 Å². The SMILES string of the molecule is CCOC(=O)c1c(C2(C)N=CC=C2C2CCCC2)n[nH]c1C. The van der Waals surface area contributed by atoms with Crippen molar-refractivity contribution in [2.24, 2.45) is 10.9 Å². The van der Waals surface area contributed by atoms with Crippen molar-refractivity contribution in [1.29, 1.82) is 0 Å². The number of nitrogens with zero attached hydrogens (tertiary/aromatic N) is 2. The average Bonchev–Trinajstić information content (AvgIpc) is 3.18. The molecule has 3 rings (SSSR count). The van der Waals surface area contributed by atoms with Crippen LogP contribution in [0, 0.1) is 12.8 Å². The molecule has 2 heterocycles. The van der Waals surface area contributed by atoms with Gasteiger partial charge in [0.25, 0.3) is 0 Å². The van der Waals surface area contributed by atoms with E-state index in [9.17, 15) is 4.79 Å². The number of carbonyl (C=O) groups excluding carboxylic acids is 1. The van der Waals surface area contributed by atoms with Crippen molar-refractivity contribution >= 4 is 12.2 Å². The lowest BCUT2D eigenvalue weighted by Crippen LogP contribution is -2.27. The Hall–Kier alpha value is -1.91. The minimum absolute atomic E-state index is 0.321. The second kappa shape index (κ2) is 5.71. The van der Waals surface area contributed by atoms with Crippen molar-refractivity contribution in [1.82, 2.24) is 10.2 Å². The third-order valence-corrected chi connectivity index (χ3v) is 4.83. The number of H-pyrrole nitrogens is 1. The van der Waals surface area contributed by atoms with Crippen molar-refractivity contribution < 1.29 is 9.53 Å². The molecule has 118 valence electrons. The molecule has 0 aromatic carbocycles. The largest absolute Gasteiger partial charge is 0.462 e. The molecule has 1 saturated carbocycles. The molecule has 0 spiro atoms. The maximum Gasteiger partial charge on any atom is 0.342 e. The van der Waals surface area contributed by atoms with Crippen LogP contribution in [0.15, 0.2) is 16.6 Å². The van der Waals surface area contributed by atoms with E-state index in [0.29, 0.717) is 23.8 Å². The summed E-state index contributed by atoms with van der Waals surface area (Å²) in [6.07, 6.45) is 8.89. The van der Waals surface area contributed by atoms with Gasteiger partial charge in [0.15, 0.2) is 0 Å². The Labute approximate surface area is 130 Å². The second-order valence-corrected chi connectivity index (χ2v) is 6.25. The molecule has 0 saturated heterocycles. The molecule has 0 radical (unpaired) electrons. The van der Waals surface area contributed by atoms with Gasteiger partial charge in [-0.05, 0) is 51.2 Å². The maximum absolute atomic E-state index is 12.3. The fourth-order valence-corrected chi connectivity index (χ4v) is 3.71. The Balaban J connectivity index is 2.01. The lowest BCUT2D eigenvalue weighted by atomic mass is 9.79. The van der Waals surface area contributed by atoms with Crippen LogP contribution in [-0.2, 0) is 10.3 Å². The smallest absolute Gasteiger partial charge is 0.342 e. The normalized spacial score (nSPS) is 24.8. The first-order valence-electron chi connectivity index (χ1n) is 8.06. The Bertz CT molecular complexity index is 638. The number of aromatic nitrogens is 2. The molecule has 0 bridgehead atoms. The number of hydrogen-bond donors (Lipinski definition) is 1. The fraction of sp³-hybridized carbons (Fsp3) is 0.588. The van der Waals surface area contributed by atoms with Gasteiger partial charge in [0, 0.05) is 11.9 Å². The molecule has 1 aliphatic carbocycles. The van der Waals surface area contributed by atoms with Gasteiger partial charge in [0.2, 0.25) is 0 Å². The predicted molar refractivity (Wildman–Crippen MR) is 85.2 cm³/mol. The number of ether oxygens (including phenoxy) is 1. The van der Waals surface area contributed by atoms with E-state index in [1.54, 1.807) is 0 Å². The zero-order valence-corrected chi connectivity index (χ0v) is 13.5. The van der Waals surface area contributed by atoms with E-state index >= 15 is 0 Å². The van der Waals surface area contributed by atoms with E-state index in [-0.39, 0.29) is 5.97 Å². The van der Waals surface area contributed by atoms with E-state index in [1.807, 2.05) is 20.1 Å². The highest BCUT2D eigenvalue weighted by atomic mass is 16.5. The van der Waals surface area contributed by atoms with Crippen molar-refractivity contribution in [2.45, 2.75) is 52.0 Å². The molecule has 1 aliphatic heterocycles. The number of esters is 1. The summed E-state index contributed by atoms with van der Waals surface area (Å²) >= 11 is 0. The van der Waals surface area contributed by atoms with E-state index in [1.165, 1.54) is 31.3 Å². The summed E-state index contributed by atoms with van der Waals surface area (Å²) in [5, 5.41) is 7.35. The quantitative estimate of drug-likeness (QED) is 0.868. The van der Waals surface area contributed by atoms with Crippen LogP contribution in [0.5, 0.6) is 0 Å². The molecule has 1 aromatic rings. The van der Waals surface area contributed by atoms with Crippen LogP contribution in [0.25, 0.3) is 0 Å². The minimum Gasteiger partial charge on any atom is -0.462 e. The summed E-state index contributed by atoms with van der Waals surface area (Å²) in [5.74, 6) is 0.220. The van der Waals surface area contributed by atoms with Gasteiger partial charge < -0.3 is 4.74 Å². The highest BCUT2D eigenvalue weighted by Crippen LogP contribution is 2.46. The molecular formula is C17H23N3O2. The molecule has 1 N–H and O–H groups in total. The number of nitrogens with one attached hydrogen (secondary N) is 1. The number of carbonyl (C=O) groups is 1. The highest BCUT2D eigenvalue weighted by Gasteiger charge is 2.42. The van der Waals surface area contributed by atoms with Gasteiger partial charge in [-0.15, -0.1) is 0 Å². The predicted octanol–water partition coefficient (Wildman–Crippen LogP) is 3.31. The monoisotopic (exact) mass is 301 g/mol. The van der Waals surface area contributed by atoms with Crippen LogP contribution in [0.4, 0.5) is 0 Å². The topological polar surface area (TPSA) is 67.3 Å². The van der Waals surface area contributed by atoms with Gasteiger partial charge in [-0.2, -0.15) is 5.10 Å². The maximum atomic E-state index is 12.3. The molecule has 1 unspecified atom stereocenters. The zero-order valence-electron chi connectivity index (χ0n) is 13.5. The third kappa shape index (κ3) is 2.28. The van der Waals surface area contributed by atoms with Gasteiger partial charge in [-0.3, -0.25) is 10.1 Å². The van der Waals surface area contributed by atoms with Gasteiger partial charge in [-0.1, -0.05) is 12.8 Å². The number of aryl methyl sites for hydroxylation is 1. The first-order valence-corrected chi connectivity index (χ1v) is 8.06. The van der Waals surface area contributed by atoms with Gasteiger partial charge in [0.1, 0.15) is 16.8 Å². The number of aromatic amines is 1. The molecule has 5 nitrogen and oxygen atoms in total. The fourth-order valence-electron chi connectivity index (χ4n) is 3.71. The second-order valence-electron chi connectivity index (χ2n) is 6.25. The molecule has 5 heteroatoms. The van der Waals surface area contributed by atoms with Crippen LogP contribution in [0.3, 0.4) is 0 Å². The summed E-state index contributed by atoms with van der Waals surface area (Å²) in [5.41, 5.74) is 2.69. The molecule has 1 aromatic heterocycles. The van der Waals surface area contributed by atoms with Crippen molar-refractivity contribution in [3.05, 3.63) is 28.6 Å². The lowest BCUT2D eigenvalue weighted by molar-refractivity contribution is 0.0523. The van der Waals surface area contributed by atoms with Crippen LogP contribution in [0.1, 0.15) is 61.3 Å². The first kappa shape index (κ1) is 15.0. The van der Waals surface area contributed by atoms with Crippen LogP contribution in [-0.4, -0.2) is 29.0 Å². The van der Waals surface area contributed by atoms with Gasteiger partial charge >= 0.3 is 5.97 Å². The zero-order chi connectivity index (χ0) is 15.7. The molecule has 22 heavy (non-hydrogen) atoms. The van der Waals surface area contributed by atoms with Gasteiger partial charge in [-0.25, -0.2) is 4.79 Å². The summed E-state index contributed by atoms with van der Waals surface area (Å²) in [4.78, 5) is 17.0. The summed E-state index contributed by atoms with van der Waals surface area (Å²) in [6, 6.07) is 0.